The zero-order valence-electron chi connectivity index (χ0n) is 14.2. The Hall–Kier alpha value is -1.86. The van der Waals surface area contributed by atoms with Gasteiger partial charge in [-0.3, -0.25) is 9.59 Å². The lowest BCUT2D eigenvalue weighted by atomic mass is 10.1. The fourth-order valence-corrected chi connectivity index (χ4v) is 3.56. The normalized spacial score (nSPS) is 13.0. The number of rotatable bonds is 7. The summed E-state index contributed by atoms with van der Waals surface area (Å²) in [5.74, 6) is -0.0859. The largest absolute Gasteiger partial charge is 0.480 e. The van der Waals surface area contributed by atoms with Crippen LogP contribution < -0.4 is 10.1 Å². The average molecular weight is 426 g/mol. The first-order chi connectivity index (χ1) is 11.9. The van der Waals surface area contributed by atoms with Crippen molar-refractivity contribution in [1.82, 2.24) is 5.32 Å². The molecule has 5 nitrogen and oxygen atoms in total. The summed E-state index contributed by atoms with van der Waals surface area (Å²) in [5, 5.41) is 4.76. The van der Waals surface area contributed by atoms with Crippen molar-refractivity contribution in [3.05, 3.63) is 50.6 Å². The second kappa shape index (κ2) is 9.01. The van der Waals surface area contributed by atoms with Crippen molar-refractivity contribution in [2.24, 2.45) is 0 Å². The number of nitrogens with one attached hydrogen (secondary N) is 1. The number of amides is 1. The summed E-state index contributed by atoms with van der Waals surface area (Å²) in [4.78, 5) is 25.0. The first kappa shape index (κ1) is 19.5. The summed E-state index contributed by atoms with van der Waals surface area (Å²) in [7, 11) is 1.33. The molecule has 7 heteroatoms. The van der Waals surface area contributed by atoms with Crippen LogP contribution in [0.3, 0.4) is 0 Å². The molecule has 0 radical (unpaired) electrons. The van der Waals surface area contributed by atoms with Crippen LogP contribution in [0.25, 0.3) is 0 Å². The van der Waals surface area contributed by atoms with Gasteiger partial charge < -0.3 is 14.8 Å². The van der Waals surface area contributed by atoms with Gasteiger partial charge in [-0.1, -0.05) is 12.1 Å². The Kier molecular flexibility index (Phi) is 7.01. The van der Waals surface area contributed by atoms with Crippen LogP contribution in [0.1, 0.15) is 29.8 Å². The number of halogens is 1. The highest BCUT2D eigenvalue weighted by molar-refractivity contribution is 9.10. The molecule has 134 valence electrons. The monoisotopic (exact) mass is 425 g/mol. The molecule has 1 aromatic heterocycles. The molecule has 25 heavy (non-hydrogen) atoms. The van der Waals surface area contributed by atoms with Gasteiger partial charge in [0.1, 0.15) is 5.75 Å². The molecule has 0 aliphatic heterocycles. The van der Waals surface area contributed by atoms with E-state index in [4.69, 9.17) is 9.47 Å². The average Bonchev–Trinajstić information content (AvgIpc) is 3.10. The van der Waals surface area contributed by atoms with E-state index in [0.29, 0.717) is 5.75 Å². The summed E-state index contributed by atoms with van der Waals surface area (Å²) in [6.45, 7) is 3.65. The van der Waals surface area contributed by atoms with E-state index in [1.807, 2.05) is 42.6 Å². The molecule has 2 atom stereocenters. The molecular weight excluding hydrogens is 406 g/mol. The maximum absolute atomic E-state index is 12.5. The Morgan fingerprint density at radius 1 is 1.32 bits per heavy atom. The van der Waals surface area contributed by atoms with Crippen molar-refractivity contribution in [3.8, 4) is 5.75 Å². The molecule has 0 fully saturated rings. The van der Waals surface area contributed by atoms with Crippen molar-refractivity contribution in [1.29, 1.82) is 0 Å². The van der Waals surface area contributed by atoms with Crippen molar-refractivity contribution in [3.63, 3.8) is 0 Å². The van der Waals surface area contributed by atoms with Crippen molar-refractivity contribution in [2.75, 3.05) is 7.11 Å². The molecule has 1 aromatic carbocycles. The number of benzene rings is 1. The van der Waals surface area contributed by atoms with Crippen LogP contribution in [0.15, 0.2) is 40.2 Å². The van der Waals surface area contributed by atoms with Gasteiger partial charge in [-0.2, -0.15) is 0 Å². The highest BCUT2D eigenvalue weighted by Crippen LogP contribution is 2.27. The van der Waals surface area contributed by atoms with Gasteiger partial charge in [0.25, 0.3) is 5.91 Å². The van der Waals surface area contributed by atoms with E-state index < -0.39 is 12.1 Å². The van der Waals surface area contributed by atoms with E-state index in [1.54, 1.807) is 6.92 Å². The summed E-state index contributed by atoms with van der Waals surface area (Å²) in [5.41, 5.74) is 1.09. The lowest BCUT2D eigenvalue weighted by Crippen LogP contribution is -2.39. The number of carbonyl (C=O) groups is 2. The predicted molar refractivity (Wildman–Crippen MR) is 101 cm³/mol. The van der Waals surface area contributed by atoms with Gasteiger partial charge >= 0.3 is 5.97 Å². The van der Waals surface area contributed by atoms with E-state index in [9.17, 15) is 9.59 Å². The van der Waals surface area contributed by atoms with Crippen LogP contribution in [0, 0.1) is 6.92 Å². The predicted octanol–water partition coefficient (Wildman–Crippen LogP) is 4.01. The number of esters is 1. The third-order valence-corrected chi connectivity index (χ3v) is 5.17. The molecule has 2 aromatic rings. The lowest BCUT2D eigenvalue weighted by Gasteiger charge is -2.20. The third kappa shape index (κ3) is 5.57. The van der Waals surface area contributed by atoms with Gasteiger partial charge in [0.05, 0.1) is 24.0 Å². The maximum atomic E-state index is 12.5. The summed E-state index contributed by atoms with van der Waals surface area (Å²) >= 11 is 4.91. The number of methoxy groups -OCH3 is 1. The van der Waals surface area contributed by atoms with Gasteiger partial charge in [-0.05, 0) is 58.9 Å². The van der Waals surface area contributed by atoms with Crippen molar-refractivity contribution in [2.45, 2.75) is 32.4 Å². The second-order valence-electron chi connectivity index (χ2n) is 5.55. The highest BCUT2D eigenvalue weighted by Gasteiger charge is 2.24. The minimum absolute atomic E-state index is 0.0731. The molecule has 0 aliphatic carbocycles. The van der Waals surface area contributed by atoms with Crippen LogP contribution in [0.4, 0.5) is 0 Å². The quantitative estimate of drug-likeness (QED) is 0.680. The third-order valence-electron chi connectivity index (χ3n) is 3.56. The molecule has 2 unspecified atom stereocenters. The van der Waals surface area contributed by atoms with Gasteiger partial charge in [0.15, 0.2) is 6.10 Å². The summed E-state index contributed by atoms with van der Waals surface area (Å²) in [6.07, 6.45) is -0.636. The fourth-order valence-electron chi connectivity index (χ4n) is 2.20. The van der Waals surface area contributed by atoms with Crippen LogP contribution >= 0.6 is 27.3 Å². The molecule has 0 spiro atoms. The van der Waals surface area contributed by atoms with E-state index in [0.717, 1.165) is 14.9 Å². The molecule has 1 heterocycles. The topological polar surface area (TPSA) is 64.6 Å². The minimum Gasteiger partial charge on any atom is -0.480 e. The first-order valence-electron chi connectivity index (χ1n) is 7.74. The summed E-state index contributed by atoms with van der Waals surface area (Å²) < 4.78 is 11.2. The fraction of sp³-hybridized carbons (Fsp3) is 0.333. The molecule has 2 rings (SSSR count). The number of ether oxygens (including phenoxy) is 2. The number of carbonyl (C=O) groups excluding carboxylic acids is 2. The van der Waals surface area contributed by atoms with Crippen molar-refractivity contribution >= 4 is 39.1 Å². The Balaban J connectivity index is 2.05. The maximum Gasteiger partial charge on any atom is 0.307 e. The van der Waals surface area contributed by atoms with Crippen LogP contribution in [0.5, 0.6) is 5.75 Å². The van der Waals surface area contributed by atoms with Gasteiger partial charge in [0.2, 0.25) is 0 Å². The van der Waals surface area contributed by atoms with E-state index in [1.165, 1.54) is 18.4 Å². The molecule has 0 aliphatic rings. The Morgan fingerprint density at radius 2 is 2.08 bits per heavy atom. The molecule has 1 N–H and O–H groups in total. The SMILES string of the molecule is COC(=O)CC(NC(=O)C(C)Oc1ccc(C)cc1Br)c1cccs1. The number of aryl methyl sites for hydroxylation is 1. The smallest absolute Gasteiger partial charge is 0.307 e. The number of hydrogen-bond donors (Lipinski definition) is 1. The molecular formula is C18H20BrNO4S. The van der Waals surface area contributed by atoms with Gasteiger partial charge in [-0.25, -0.2) is 0 Å². The first-order valence-corrected chi connectivity index (χ1v) is 9.41. The van der Waals surface area contributed by atoms with E-state index in [-0.39, 0.29) is 18.3 Å². The molecule has 0 bridgehead atoms. The summed E-state index contributed by atoms with van der Waals surface area (Å²) in [6, 6.07) is 8.96. The standard InChI is InChI=1S/C18H20BrNO4S/c1-11-6-7-15(13(19)9-11)24-12(2)18(22)20-14(10-17(21)23-3)16-5-4-8-25-16/h4-9,12,14H,10H2,1-3H3,(H,20,22). The van der Waals surface area contributed by atoms with E-state index in [2.05, 4.69) is 21.2 Å². The second-order valence-corrected chi connectivity index (χ2v) is 7.38. The lowest BCUT2D eigenvalue weighted by molar-refractivity contribution is -0.141. The van der Waals surface area contributed by atoms with Crippen molar-refractivity contribution < 1.29 is 19.1 Å². The number of hydrogen-bond acceptors (Lipinski definition) is 5. The highest BCUT2D eigenvalue weighted by atomic mass is 79.9. The van der Waals surface area contributed by atoms with Crippen LogP contribution in [-0.4, -0.2) is 25.1 Å². The minimum atomic E-state index is -0.709. The van der Waals surface area contributed by atoms with Crippen LogP contribution in [0.2, 0.25) is 0 Å². The molecule has 0 saturated carbocycles. The van der Waals surface area contributed by atoms with Crippen LogP contribution in [-0.2, 0) is 14.3 Å². The zero-order chi connectivity index (χ0) is 18.4. The number of thiophene rings is 1. The van der Waals surface area contributed by atoms with Gasteiger partial charge in [-0.15, -0.1) is 11.3 Å². The van der Waals surface area contributed by atoms with E-state index >= 15 is 0 Å². The Morgan fingerprint density at radius 3 is 2.68 bits per heavy atom. The molecule has 0 saturated heterocycles. The molecule has 1 amide bonds. The zero-order valence-corrected chi connectivity index (χ0v) is 16.6. The Bertz CT molecular complexity index is 733. The van der Waals surface area contributed by atoms with Gasteiger partial charge in [0, 0.05) is 4.88 Å². The Labute approximate surface area is 159 Å².